The maximum atomic E-state index is 12.6. The summed E-state index contributed by atoms with van der Waals surface area (Å²) in [5, 5.41) is 0.607. The molecule has 5 nitrogen and oxygen atoms in total. The van der Waals surface area contributed by atoms with E-state index in [4.69, 9.17) is 4.74 Å². The van der Waals surface area contributed by atoms with Gasteiger partial charge in [-0.1, -0.05) is 19.8 Å². The minimum atomic E-state index is -0.661. The second-order valence-electron chi connectivity index (χ2n) is 5.47. The number of fused-ring (bicyclic) bond motifs is 1. The first-order chi connectivity index (χ1) is 10.5. The molecule has 120 valence electrons. The third-order valence-corrected chi connectivity index (χ3v) is 4.98. The standard InChI is InChI=1S/C16H22N2O3S/c1-5-6-7-8-21-16(20)11(3)18-9-17-14-13(15(18)19)10(2)12(4)22-14/h9,11H,5-8H2,1-4H3/t11-/m0/s1. The maximum Gasteiger partial charge on any atom is 0.328 e. The van der Waals surface area contributed by atoms with E-state index >= 15 is 0 Å². The lowest BCUT2D eigenvalue weighted by Crippen LogP contribution is -2.29. The van der Waals surface area contributed by atoms with Crippen LogP contribution < -0.4 is 5.56 Å². The molecule has 0 unspecified atom stereocenters. The van der Waals surface area contributed by atoms with E-state index in [0.29, 0.717) is 12.0 Å². The molecule has 0 N–H and O–H groups in total. The van der Waals surface area contributed by atoms with Crippen molar-refractivity contribution in [3.8, 4) is 0 Å². The molecular formula is C16H22N2O3S. The number of aryl methyl sites for hydroxylation is 2. The van der Waals surface area contributed by atoms with Crippen molar-refractivity contribution in [2.75, 3.05) is 6.61 Å². The van der Waals surface area contributed by atoms with Crippen LogP contribution in [0.4, 0.5) is 0 Å². The summed E-state index contributed by atoms with van der Waals surface area (Å²) in [6.07, 6.45) is 4.40. The lowest BCUT2D eigenvalue weighted by molar-refractivity contribution is -0.147. The van der Waals surface area contributed by atoms with Crippen molar-refractivity contribution in [2.45, 2.75) is 53.0 Å². The highest BCUT2D eigenvalue weighted by molar-refractivity contribution is 7.18. The Bertz CT molecular complexity index is 733. The van der Waals surface area contributed by atoms with Gasteiger partial charge < -0.3 is 4.74 Å². The lowest BCUT2D eigenvalue weighted by Gasteiger charge is -2.14. The molecule has 2 rings (SSSR count). The molecule has 22 heavy (non-hydrogen) atoms. The molecule has 0 fully saturated rings. The first kappa shape index (κ1) is 16.7. The molecule has 2 heterocycles. The summed E-state index contributed by atoms with van der Waals surface area (Å²) >= 11 is 1.50. The highest BCUT2D eigenvalue weighted by Crippen LogP contribution is 2.25. The second-order valence-corrected chi connectivity index (χ2v) is 6.67. The average molecular weight is 322 g/mol. The molecule has 0 aliphatic carbocycles. The number of carbonyl (C=O) groups excluding carboxylic acids is 1. The zero-order chi connectivity index (χ0) is 16.3. The Morgan fingerprint density at radius 1 is 1.41 bits per heavy atom. The Labute approximate surface area is 133 Å². The first-order valence-electron chi connectivity index (χ1n) is 7.60. The van der Waals surface area contributed by atoms with Gasteiger partial charge in [-0.05, 0) is 32.8 Å². The Kier molecular flexibility index (Phi) is 5.34. The fraction of sp³-hybridized carbons (Fsp3) is 0.562. The first-order valence-corrected chi connectivity index (χ1v) is 8.42. The highest BCUT2D eigenvalue weighted by atomic mass is 32.1. The van der Waals surface area contributed by atoms with Crippen LogP contribution in [0.25, 0.3) is 10.2 Å². The zero-order valence-electron chi connectivity index (χ0n) is 13.5. The van der Waals surface area contributed by atoms with E-state index in [9.17, 15) is 9.59 Å². The molecule has 0 aliphatic heterocycles. The maximum absolute atomic E-state index is 12.6. The van der Waals surface area contributed by atoms with Gasteiger partial charge in [0.2, 0.25) is 0 Å². The lowest BCUT2D eigenvalue weighted by atomic mass is 10.2. The van der Waals surface area contributed by atoms with Crippen molar-refractivity contribution in [3.05, 3.63) is 27.1 Å². The van der Waals surface area contributed by atoms with Crippen LogP contribution >= 0.6 is 11.3 Å². The normalized spacial score (nSPS) is 12.5. The summed E-state index contributed by atoms with van der Waals surface area (Å²) in [6.45, 7) is 8.05. The number of carbonyl (C=O) groups is 1. The molecule has 0 spiro atoms. The Balaban J connectivity index is 2.23. The highest BCUT2D eigenvalue weighted by Gasteiger charge is 2.20. The van der Waals surface area contributed by atoms with Crippen LogP contribution in [0.5, 0.6) is 0 Å². The van der Waals surface area contributed by atoms with Crippen LogP contribution in [0.1, 0.15) is 49.6 Å². The summed E-state index contributed by atoms with van der Waals surface area (Å²) in [6, 6.07) is -0.661. The van der Waals surface area contributed by atoms with Crippen molar-refractivity contribution in [3.63, 3.8) is 0 Å². The monoisotopic (exact) mass is 322 g/mol. The smallest absolute Gasteiger partial charge is 0.328 e. The number of rotatable bonds is 6. The minimum Gasteiger partial charge on any atom is -0.464 e. The Morgan fingerprint density at radius 2 is 2.14 bits per heavy atom. The van der Waals surface area contributed by atoms with E-state index in [-0.39, 0.29) is 11.5 Å². The van der Waals surface area contributed by atoms with Crippen molar-refractivity contribution in [1.82, 2.24) is 9.55 Å². The van der Waals surface area contributed by atoms with Gasteiger partial charge in [-0.25, -0.2) is 9.78 Å². The summed E-state index contributed by atoms with van der Waals surface area (Å²) < 4.78 is 6.60. The Hall–Kier alpha value is -1.69. The number of thiophene rings is 1. The number of ether oxygens (including phenoxy) is 1. The van der Waals surface area contributed by atoms with Gasteiger partial charge in [0.15, 0.2) is 0 Å². The van der Waals surface area contributed by atoms with E-state index in [1.165, 1.54) is 22.2 Å². The summed E-state index contributed by atoms with van der Waals surface area (Å²) in [4.78, 5) is 30.8. The topological polar surface area (TPSA) is 61.2 Å². The van der Waals surface area contributed by atoms with Gasteiger partial charge in [0, 0.05) is 4.88 Å². The van der Waals surface area contributed by atoms with Crippen molar-refractivity contribution in [2.24, 2.45) is 0 Å². The molecule has 2 aromatic rings. The molecule has 0 aliphatic rings. The molecule has 1 atom stereocenters. The van der Waals surface area contributed by atoms with Crippen molar-refractivity contribution in [1.29, 1.82) is 0 Å². The van der Waals surface area contributed by atoms with Gasteiger partial charge in [-0.15, -0.1) is 11.3 Å². The van der Waals surface area contributed by atoms with Crippen molar-refractivity contribution < 1.29 is 9.53 Å². The summed E-state index contributed by atoms with van der Waals surface area (Å²) in [5.74, 6) is -0.385. The number of unbranched alkanes of at least 4 members (excludes halogenated alkanes) is 2. The van der Waals surface area contributed by atoms with Gasteiger partial charge in [-0.2, -0.15) is 0 Å². The predicted molar refractivity (Wildman–Crippen MR) is 88.5 cm³/mol. The SMILES string of the molecule is CCCCCOC(=O)[C@H](C)n1cnc2sc(C)c(C)c2c1=O. The van der Waals surface area contributed by atoms with E-state index < -0.39 is 6.04 Å². The average Bonchev–Trinajstić information content (AvgIpc) is 2.79. The van der Waals surface area contributed by atoms with Crippen LogP contribution in [-0.4, -0.2) is 22.1 Å². The molecular weight excluding hydrogens is 300 g/mol. The molecule has 0 amide bonds. The van der Waals surface area contributed by atoms with Gasteiger partial charge in [0.05, 0.1) is 18.3 Å². The van der Waals surface area contributed by atoms with E-state index in [1.54, 1.807) is 6.92 Å². The molecule has 0 bridgehead atoms. The number of nitrogens with zero attached hydrogens (tertiary/aromatic N) is 2. The molecule has 0 radical (unpaired) electrons. The van der Waals surface area contributed by atoms with E-state index in [2.05, 4.69) is 11.9 Å². The quantitative estimate of drug-likeness (QED) is 0.604. The van der Waals surface area contributed by atoms with E-state index in [1.807, 2.05) is 13.8 Å². The van der Waals surface area contributed by atoms with E-state index in [0.717, 1.165) is 34.5 Å². The number of esters is 1. The molecule has 2 aromatic heterocycles. The van der Waals surface area contributed by atoms with Crippen LogP contribution in [0.3, 0.4) is 0 Å². The van der Waals surface area contributed by atoms with Crippen LogP contribution in [0, 0.1) is 13.8 Å². The molecule has 0 aromatic carbocycles. The van der Waals surface area contributed by atoms with Gasteiger partial charge in [0.1, 0.15) is 10.9 Å². The fourth-order valence-electron chi connectivity index (χ4n) is 2.28. The number of hydrogen-bond donors (Lipinski definition) is 0. The summed E-state index contributed by atoms with van der Waals surface area (Å²) in [7, 11) is 0. The number of aromatic nitrogens is 2. The van der Waals surface area contributed by atoms with Crippen LogP contribution in [0.15, 0.2) is 11.1 Å². The van der Waals surface area contributed by atoms with Gasteiger partial charge in [0.25, 0.3) is 5.56 Å². The largest absolute Gasteiger partial charge is 0.464 e. The Morgan fingerprint density at radius 3 is 2.82 bits per heavy atom. The van der Waals surface area contributed by atoms with Gasteiger partial charge in [-0.3, -0.25) is 9.36 Å². The van der Waals surface area contributed by atoms with Crippen LogP contribution in [0.2, 0.25) is 0 Å². The molecule has 0 saturated carbocycles. The second kappa shape index (κ2) is 7.05. The third kappa shape index (κ3) is 3.21. The fourth-order valence-corrected chi connectivity index (χ4v) is 3.27. The molecule has 0 saturated heterocycles. The van der Waals surface area contributed by atoms with Gasteiger partial charge >= 0.3 is 5.97 Å². The zero-order valence-corrected chi connectivity index (χ0v) is 14.3. The van der Waals surface area contributed by atoms with Crippen LogP contribution in [-0.2, 0) is 9.53 Å². The number of hydrogen-bond acceptors (Lipinski definition) is 5. The summed E-state index contributed by atoms with van der Waals surface area (Å²) in [5.41, 5.74) is 0.764. The third-order valence-electron chi connectivity index (χ3n) is 3.87. The van der Waals surface area contributed by atoms with Crippen molar-refractivity contribution >= 4 is 27.5 Å². The predicted octanol–water partition coefficient (Wildman–Crippen LogP) is 3.37. The minimum absolute atomic E-state index is 0.176. The molecule has 6 heteroatoms.